The molecule has 0 spiro atoms. The molecule has 0 radical (unpaired) electrons. The van der Waals surface area contributed by atoms with Crippen molar-refractivity contribution in [2.75, 3.05) is 6.54 Å². The van der Waals surface area contributed by atoms with Crippen LogP contribution in [0.5, 0.6) is 0 Å². The zero-order chi connectivity index (χ0) is 8.69. The Bertz CT molecular complexity index is 148. The average Bonchev–Trinajstić information content (AvgIpc) is 1.87. The quantitative estimate of drug-likeness (QED) is 0.604. The standard InChI is InChI=1S/C9H18N2/c1-5-7-8(3)11-9(4)10-6-2/h10H,4-7H2,1-3H3/b11-8+. The van der Waals surface area contributed by atoms with Crippen molar-refractivity contribution in [2.24, 2.45) is 4.99 Å². The fraction of sp³-hybridized carbons (Fsp3) is 0.667. The molecule has 11 heavy (non-hydrogen) atoms. The smallest absolute Gasteiger partial charge is 0.118 e. The minimum atomic E-state index is 0.776. The highest BCUT2D eigenvalue weighted by Crippen LogP contribution is 1.95. The molecule has 0 aromatic carbocycles. The second-order valence-electron chi connectivity index (χ2n) is 2.57. The second kappa shape index (κ2) is 5.96. The summed E-state index contributed by atoms with van der Waals surface area (Å²) in [4.78, 5) is 4.27. The van der Waals surface area contributed by atoms with E-state index in [1.165, 1.54) is 0 Å². The summed E-state index contributed by atoms with van der Waals surface area (Å²) in [5.41, 5.74) is 1.15. The lowest BCUT2D eigenvalue weighted by Gasteiger charge is -2.02. The number of nitrogens with one attached hydrogen (secondary N) is 1. The first-order valence-electron chi connectivity index (χ1n) is 4.17. The first kappa shape index (κ1) is 10.2. The van der Waals surface area contributed by atoms with Gasteiger partial charge in [0, 0.05) is 12.3 Å². The van der Waals surface area contributed by atoms with Gasteiger partial charge in [0.2, 0.25) is 0 Å². The number of hydrogen-bond donors (Lipinski definition) is 1. The first-order valence-corrected chi connectivity index (χ1v) is 4.17. The molecule has 0 aliphatic heterocycles. The van der Waals surface area contributed by atoms with E-state index in [2.05, 4.69) is 23.8 Å². The number of nitrogens with zero attached hydrogens (tertiary/aromatic N) is 1. The van der Waals surface area contributed by atoms with Crippen LogP contribution in [0.25, 0.3) is 0 Å². The van der Waals surface area contributed by atoms with Crippen LogP contribution in [-0.2, 0) is 0 Å². The fourth-order valence-corrected chi connectivity index (χ4v) is 0.892. The molecule has 0 aromatic heterocycles. The van der Waals surface area contributed by atoms with Crippen molar-refractivity contribution < 1.29 is 0 Å². The molecule has 0 bridgehead atoms. The Labute approximate surface area is 69.4 Å². The SMILES string of the molecule is C=C(/N=C(\C)CCC)NCC. The molecular weight excluding hydrogens is 136 g/mol. The Balaban J connectivity index is 3.76. The molecule has 0 atom stereocenters. The maximum atomic E-state index is 4.27. The molecule has 0 rings (SSSR count). The Morgan fingerprint density at radius 1 is 1.45 bits per heavy atom. The molecule has 0 saturated carbocycles. The molecule has 0 aliphatic rings. The van der Waals surface area contributed by atoms with Crippen molar-refractivity contribution >= 4 is 5.71 Å². The van der Waals surface area contributed by atoms with Gasteiger partial charge in [0.25, 0.3) is 0 Å². The third kappa shape index (κ3) is 5.64. The molecular formula is C9H18N2. The molecule has 1 N–H and O–H groups in total. The second-order valence-corrected chi connectivity index (χ2v) is 2.57. The van der Waals surface area contributed by atoms with Gasteiger partial charge in [0.15, 0.2) is 0 Å². The highest BCUT2D eigenvalue weighted by atomic mass is 15.0. The Morgan fingerprint density at radius 3 is 2.55 bits per heavy atom. The third-order valence-corrected chi connectivity index (χ3v) is 1.32. The fourth-order valence-electron chi connectivity index (χ4n) is 0.892. The zero-order valence-electron chi connectivity index (χ0n) is 7.78. The lowest BCUT2D eigenvalue weighted by Crippen LogP contribution is -2.10. The minimum absolute atomic E-state index is 0.776. The summed E-state index contributed by atoms with van der Waals surface area (Å²) >= 11 is 0. The summed E-state index contributed by atoms with van der Waals surface area (Å²) in [5, 5.41) is 3.05. The molecule has 2 nitrogen and oxygen atoms in total. The van der Waals surface area contributed by atoms with Gasteiger partial charge in [-0.2, -0.15) is 0 Å². The van der Waals surface area contributed by atoms with Crippen LogP contribution in [0.2, 0.25) is 0 Å². The van der Waals surface area contributed by atoms with Crippen LogP contribution < -0.4 is 5.32 Å². The summed E-state index contributed by atoms with van der Waals surface area (Å²) in [6, 6.07) is 0. The molecule has 0 aliphatic carbocycles. The van der Waals surface area contributed by atoms with Crippen molar-refractivity contribution in [3.8, 4) is 0 Å². The molecule has 0 aromatic rings. The van der Waals surface area contributed by atoms with Crippen LogP contribution in [0.15, 0.2) is 17.4 Å². The summed E-state index contributed by atoms with van der Waals surface area (Å²) in [5.74, 6) is 0.776. The molecule has 0 saturated heterocycles. The molecule has 0 fully saturated rings. The Morgan fingerprint density at radius 2 is 2.09 bits per heavy atom. The van der Waals surface area contributed by atoms with E-state index in [0.717, 1.165) is 30.9 Å². The Hall–Kier alpha value is -0.790. The van der Waals surface area contributed by atoms with Gasteiger partial charge in [-0.15, -0.1) is 0 Å². The van der Waals surface area contributed by atoms with Crippen LogP contribution >= 0.6 is 0 Å². The highest BCUT2D eigenvalue weighted by Gasteiger charge is 1.90. The Kier molecular flexibility index (Phi) is 5.53. The van der Waals surface area contributed by atoms with Gasteiger partial charge in [-0.25, -0.2) is 4.99 Å². The average molecular weight is 154 g/mol. The maximum Gasteiger partial charge on any atom is 0.118 e. The van der Waals surface area contributed by atoms with Crippen LogP contribution in [-0.4, -0.2) is 12.3 Å². The lowest BCUT2D eigenvalue weighted by atomic mass is 10.2. The first-order chi connectivity index (χ1) is 5.20. The van der Waals surface area contributed by atoms with E-state index in [1.54, 1.807) is 0 Å². The third-order valence-electron chi connectivity index (χ3n) is 1.32. The summed E-state index contributed by atoms with van der Waals surface area (Å²) in [6.45, 7) is 10.9. The maximum absolute atomic E-state index is 4.27. The van der Waals surface area contributed by atoms with Gasteiger partial charge < -0.3 is 5.32 Å². The van der Waals surface area contributed by atoms with Gasteiger partial charge >= 0.3 is 0 Å². The minimum Gasteiger partial charge on any atom is -0.371 e. The monoisotopic (exact) mass is 154 g/mol. The highest BCUT2D eigenvalue weighted by molar-refractivity contribution is 5.82. The molecule has 0 unspecified atom stereocenters. The van der Waals surface area contributed by atoms with E-state index in [-0.39, 0.29) is 0 Å². The van der Waals surface area contributed by atoms with Gasteiger partial charge in [-0.05, 0) is 20.3 Å². The zero-order valence-corrected chi connectivity index (χ0v) is 7.78. The number of rotatable bonds is 5. The molecule has 0 amide bonds. The van der Waals surface area contributed by atoms with Crippen molar-refractivity contribution in [3.05, 3.63) is 12.4 Å². The van der Waals surface area contributed by atoms with Crippen LogP contribution in [0, 0.1) is 0 Å². The van der Waals surface area contributed by atoms with Gasteiger partial charge in [0.05, 0.1) is 0 Å². The number of hydrogen-bond acceptors (Lipinski definition) is 2. The van der Waals surface area contributed by atoms with Crippen LogP contribution in [0.3, 0.4) is 0 Å². The van der Waals surface area contributed by atoms with E-state index >= 15 is 0 Å². The van der Waals surface area contributed by atoms with Crippen molar-refractivity contribution in [2.45, 2.75) is 33.6 Å². The van der Waals surface area contributed by atoms with Crippen molar-refractivity contribution in [1.29, 1.82) is 0 Å². The van der Waals surface area contributed by atoms with Crippen molar-refractivity contribution in [1.82, 2.24) is 5.32 Å². The van der Waals surface area contributed by atoms with E-state index < -0.39 is 0 Å². The molecule has 0 heterocycles. The van der Waals surface area contributed by atoms with Crippen LogP contribution in [0.1, 0.15) is 33.6 Å². The van der Waals surface area contributed by atoms with E-state index in [1.807, 2.05) is 13.8 Å². The normalized spacial score (nSPS) is 11.4. The summed E-state index contributed by atoms with van der Waals surface area (Å²) < 4.78 is 0. The topological polar surface area (TPSA) is 24.4 Å². The summed E-state index contributed by atoms with van der Waals surface area (Å²) in [6.07, 6.45) is 2.21. The van der Waals surface area contributed by atoms with Gasteiger partial charge in [-0.3, -0.25) is 0 Å². The largest absolute Gasteiger partial charge is 0.371 e. The molecule has 64 valence electrons. The summed E-state index contributed by atoms with van der Waals surface area (Å²) in [7, 11) is 0. The van der Waals surface area contributed by atoms with E-state index in [0.29, 0.717) is 0 Å². The predicted molar refractivity (Wildman–Crippen MR) is 50.8 cm³/mol. The van der Waals surface area contributed by atoms with Crippen molar-refractivity contribution in [3.63, 3.8) is 0 Å². The van der Waals surface area contributed by atoms with Crippen LogP contribution in [0.4, 0.5) is 0 Å². The predicted octanol–water partition coefficient (Wildman–Crippen LogP) is 2.33. The van der Waals surface area contributed by atoms with Gasteiger partial charge in [0.1, 0.15) is 5.82 Å². The van der Waals surface area contributed by atoms with E-state index in [4.69, 9.17) is 0 Å². The molecule has 2 heteroatoms. The van der Waals surface area contributed by atoms with E-state index in [9.17, 15) is 0 Å². The lowest BCUT2D eigenvalue weighted by molar-refractivity contribution is 0.841. The van der Waals surface area contributed by atoms with Gasteiger partial charge in [-0.1, -0.05) is 19.9 Å². The number of aliphatic imine (C=N–C) groups is 1.